The standard InChI is InChI=1S/C12H22O/c1-9(2)7-10-5-6-11(13)8-12(10,3)4/h7,10-11,13H,5-6,8H2,1-4H3. The molecule has 1 aliphatic carbocycles. The van der Waals surface area contributed by atoms with Gasteiger partial charge in [0.2, 0.25) is 0 Å². The third-order valence-corrected chi connectivity index (χ3v) is 3.11. The van der Waals surface area contributed by atoms with E-state index in [1.807, 2.05) is 0 Å². The molecule has 0 aromatic rings. The second kappa shape index (κ2) is 3.83. The minimum Gasteiger partial charge on any atom is -0.393 e. The summed E-state index contributed by atoms with van der Waals surface area (Å²) in [4.78, 5) is 0. The third kappa shape index (κ3) is 2.84. The number of aliphatic hydroxyl groups excluding tert-OH is 1. The minimum absolute atomic E-state index is 0.0724. The molecule has 1 heteroatoms. The average molecular weight is 182 g/mol. The first kappa shape index (κ1) is 10.8. The molecule has 1 saturated carbocycles. The van der Waals surface area contributed by atoms with Gasteiger partial charge < -0.3 is 5.11 Å². The molecule has 0 spiro atoms. The molecule has 0 aliphatic heterocycles. The molecule has 0 aromatic heterocycles. The Kier molecular flexibility index (Phi) is 3.18. The van der Waals surface area contributed by atoms with Crippen LogP contribution >= 0.6 is 0 Å². The number of aliphatic hydroxyl groups is 1. The Morgan fingerprint density at radius 3 is 2.38 bits per heavy atom. The van der Waals surface area contributed by atoms with Gasteiger partial charge in [0.25, 0.3) is 0 Å². The average Bonchev–Trinajstić information content (AvgIpc) is 1.93. The van der Waals surface area contributed by atoms with Gasteiger partial charge in [-0.2, -0.15) is 0 Å². The largest absolute Gasteiger partial charge is 0.393 e. The van der Waals surface area contributed by atoms with Crippen molar-refractivity contribution in [2.75, 3.05) is 0 Å². The lowest BCUT2D eigenvalue weighted by Crippen LogP contribution is -2.33. The Balaban J connectivity index is 2.70. The van der Waals surface area contributed by atoms with E-state index in [-0.39, 0.29) is 11.5 Å². The zero-order valence-electron chi connectivity index (χ0n) is 9.30. The molecule has 1 rings (SSSR count). The summed E-state index contributed by atoms with van der Waals surface area (Å²) in [5, 5.41) is 9.58. The van der Waals surface area contributed by atoms with Crippen LogP contribution in [-0.2, 0) is 0 Å². The SMILES string of the molecule is CC(C)=CC1CCC(O)CC1(C)C. The Morgan fingerprint density at radius 1 is 1.31 bits per heavy atom. The normalized spacial score (nSPS) is 32.7. The van der Waals surface area contributed by atoms with Gasteiger partial charge in [0, 0.05) is 0 Å². The van der Waals surface area contributed by atoms with Crippen LogP contribution in [0.1, 0.15) is 47.0 Å². The fraction of sp³-hybridized carbons (Fsp3) is 0.833. The van der Waals surface area contributed by atoms with E-state index in [1.54, 1.807) is 0 Å². The van der Waals surface area contributed by atoms with Crippen LogP contribution in [0.4, 0.5) is 0 Å². The van der Waals surface area contributed by atoms with E-state index in [9.17, 15) is 5.11 Å². The first-order valence-corrected chi connectivity index (χ1v) is 5.25. The van der Waals surface area contributed by atoms with E-state index >= 15 is 0 Å². The van der Waals surface area contributed by atoms with Gasteiger partial charge in [-0.25, -0.2) is 0 Å². The highest BCUT2D eigenvalue weighted by Gasteiger charge is 2.34. The molecule has 0 saturated heterocycles. The van der Waals surface area contributed by atoms with Crippen LogP contribution in [0.25, 0.3) is 0 Å². The van der Waals surface area contributed by atoms with Crippen LogP contribution in [0.5, 0.6) is 0 Å². The van der Waals surface area contributed by atoms with E-state index < -0.39 is 0 Å². The molecule has 1 nitrogen and oxygen atoms in total. The minimum atomic E-state index is -0.0724. The fourth-order valence-corrected chi connectivity index (χ4v) is 2.33. The summed E-state index contributed by atoms with van der Waals surface area (Å²) in [6, 6.07) is 0. The second-order valence-electron chi connectivity index (χ2n) is 5.27. The zero-order chi connectivity index (χ0) is 10.1. The van der Waals surface area contributed by atoms with E-state index in [4.69, 9.17) is 0 Å². The van der Waals surface area contributed by atoms with Gasteiger partial charge in [-0.1, -0.05) is 25.5 Å². The first-order chi connectivity index (χ1) is 5.92. The fourth-order valence-electron chi connectivity index (χ4n) is 2.33. The van der Waals surface area contributed by atoms with E-state index in [1.165, 1.54) is 5.57 Å². The predicted octanol–water partition coefficient (Wildman–Crippen LogP) is 3.14. The molecule has 0 heterocycles. The van der Waals surface area contributed by atoms with Gasteiger partial charge in [-0.15, -0.1) is 0 Å². The smallest absolute Gasteiger partial charge is 0.0545 e. The molecule has 1 fully saturated rings. The molecular weight excluding hydrogens is 160 g/mol. The van der Waals surface area contributed by atoms with Crippen molar-refractivity contribution in [3.63, 3.8) is 0 Å². The summed E-state index contributed by atoms with van der Waals surface area (Å²) >= 11 is 0. The van der Waals surface area contributed by atoms with Crippen molar-refractivity contribution >= 4 is 0 Å². The van der Waals surface area contributed by atoms with Gasteiger partial charge in [-0.3, -0.25) is 0 Å². The number of hydrogen-bond acceptors (Lipinski definition) is 1. The monoisotopic (exact) mass is 182 g/mol. The molecule has 76 valence electrons. The van der Waals surface area contributed by atoms with E-state index in [0.29, 0.717) is 5.92 Å². The van der Waals surface area contributed by atoms with Crippen LogP contribution in [0.2, 0.25) is 0 Å². The van der Waals surface area contributed by atoms with Crippen LogP contribution in [0, 0.1) is 11.3 Å². The van der Waals surface area contributed by atoms with Crippen molar-refractivity contribution in [2.24, 2.45) is 11.3 Å². The lowest BCUT2D eigenvalue weighted by Gasteiger charge is -2.39. The highest BCUT2D eigenvalue weighted by atomic mass is 16.3. The Hall–Kier alpha value is -0.300. The second-order valence-corrected chi connectivity index (χ2v) is 5.27. The summed E-state index contributed by atoms with van der Waals surface area (Å²) in [5.74, 6) is 0.654. The van der Waals surface area contributed by atoms with E-state index in [2.05, 4.69) is 33.8 Å². The number of hydrogen-bond donors (Lipinski definition) is 1. The molecule has 13 heavy (non-hydrogen) atoms. The topological polar surface area (TPSA) is 20.2 Å². The number of allylic oxidation sites excluding steroid dienone is 2. The molecular formula is C12H22O. The van der Waals surface area contributed by atoms with Crippen LogP contribution in [0.15, 0.2) is 11.6 Å². The van der Waals surface area contributed by atoms with Crippen LogP contribution in [0.3, 0.4) is 0 Å². The Labute approximate surface area is 81.9 Å². The lowest BCUT2D eigenvalue weighted by molar-refractivity contribution is 0.0397. The molecule has 0 bridgehead atoms. The molecule has 1 N–H and O–H groups in total. The van der Waals surface area contributed by atoms with Gasteiger partial charge in [0.1, 0.15) is 0 Å². The van der Waals surface area contributed by atoms with Crippen molar-refractivity contribution in [1.29, 1.82) is 0 Å². The quantitative estimate of drug-likeness (QED) is 0.618. The van der Waals surface area contributed by atoms with Gasteiger partial charge in [0.05, 0.1) is 6.10 Å². The van der Waals surface area contributed by atoms with E-state index in [0.717, 1.165) is 19.3 Å². The molecule has 2 atom stereocenters. The maximum absolute atomic E-state index is 9.58. The van der Waals surface area contributed by atoms with Crippen molar-refractivity contribution in [1.82, 2.24) is 0 Å². The summed E-state index contributed by atoms with van der Waals surface area (Å²) < 4.78 is 0. The van der Waals surface area contributed by atoms with Crippen molar-refractivity contribution in [2.45, 2.75) is 53.1 Å². The summed E-state index contributed by atoms with van der Waals surface area (Å²) in [6.45, 7) is 8.83. The van der Waals surface area contributed by atoms with Gasteiger partial charge in [0.15, 0.2) is 0 Å². The first-order valence-electron chi connectivity index (χ1n) is 5.25. The van der Waals surface area contributed by atoms with Gasteiger partial charge in [-0.05, 0) is 44.4 Å². The maximum Gasteiger partial charge on any atom is 0.0545 e. The van der Waals surface area contributed by atoms with Crippen molar-refractivity contribution in [3.05, 3.63) is 11.6 Å². The molecule has 0 amide bonds. The van der Waals surface area contributed by atoms with Crippen LogP contribution < -0.4 is 0 Å². The third-order valence-electron chi connectivity index (χ3n) is 3.11. The Bertz CT molecular complexity index is 199. The van der Waals surface area contributed by atoms with Crippen LogP contribution in [-0.4, -0.2) is 11.2 Å². The molecule has 2 unspecified atom stereocenters. The summed E-state index contributed by atoms with van der Waals surface area (Å²) in [7, 11) is 0. The maximum atomic E-state index is 9.58. The van der Waals surface area contributed by atoms with Crippen molar-refractivity contribution in [3.8, 4) is 0 Å². The molecule has 0 radical (unpaired) electrons. The van der Waals surface area contributed by atoms with Crippen molar-refractivity contribution < 1.29 is 5.11 Å². The highest BCUT2D eigenvalue weighted by molar-refractivity contribution is 5.04. The molecule has 0 aromatic carbocycles. The molecule has 1 aliphatic rings. The summed E-state index contributed by atoms with van der Waals surface area (Å²) in [6.07, 6.45) is 5.35. The summed E-state index contributed by atoms with van der Waals surface area (Å²) in [5.41, 5.74) is 1.67. The Morgan fingerprint density at radius 2 is 1.92 bits per heavy atom. The van der Waals surface area contributed by atoms with Gasteiger partial charge >= 0.3 is 0 Å². The highest BCUT2D eigenvalue weighted by Crippen LogP contribution is 2.41. The predicted molar refractivity (Wildman–Crippen MR) is 56.6 cm³/mol. The number of rotatable bonds is 1. The lowest BCUT2D eigenvalue weighted by atomic mass is 9.67. The zero-order valence-corrected chi connectivity index (χ0v) is 9.30.